The first-order valence-electron chi connectivity index (χ1n) is 6.66. The predicted octanol–water partition coefficient (Wildman–Crippen LogP) is 1.37. The predicted molar refractivity (Wildman–Crippen MR) is 69.9 cm³/mol. The van der Waals surface area contributed by atoms with E-state index in [0.717, 1.165) is 0 Å². The molecule has 20 heavy (non-hydrogen) atoms. The molecule has 0 spiro atoms. The van der Waals surface area contributed by atoms with Crippen molar-refractivity contribution < 1.29 is 23.8 Å². The van der Waals surface area contributed by atoms with Crippen molar-refractivity contribution >= 4 is 11.9 Å². The highest BCUT2D eigenvalue weighted by Crippen LogP contribution is 2.36. The van der Waals surface area contributed by atoms with Crippen LogP contribution in [0.1, 0.15) is 18.6 Å². The van der Waals surface area contributed by atoms with E-state index in [-0.39, 0.29) is 5.91 Å². The van der Waals surface area contributed by atoms with Crippen molar-refractivity contribution in [2.75, 3.05) is 20.3 Å². The number of hydrogen-bond acceptors (Lipinski definition) is 4. The van der Waals surface area contributed by atoms with Crippen LogP contribution in [0.2, 0.25) is 0 Å². The fourth-order valence-corrected chi connectivity index (χ4v) is 2.38. The number of ether oxygens (including phenoxy) is 1. The Morgan fingerprint density at radius 3 is 2.70 bits per heavy atom. The first kappa shape index (κ1) is 14.6. The normalized spacial score (nSPS) is 21.2. The van der Waals surface area contributed by atoms with Gasteiger partial charge in [-0.25, -0.2) is 0 Å². The standard InChI is InChI=1S/C14H19NO5/c1-19-8-6-15(9-10-3-2-7-20-10)13(16)11-4-5-12(11)14(17)18/h2-3,7,11-12H,4-6,8-9H2,1H3,(H,17,18). The molecule has 1 aliphatic rings. The second-order valence-corrected chi connectivity index (χ2v) is 4.96. The van der Waals surface area contributed by atoms with Crippen LogP contribution >= 0.6 is 0 Å². The van der Waals surface area contributed by atoms with Gasteiger partial charge < -0.3 is 19.2 Å². The number of carboxylic acids is 1. The fourth-order valence-electron chi connectivity index (χ4n) is 2.38. The highest BCUT2D eigenvalue weighted by atomic mass is 16.5. The quantitative estimate of drug-likeness (QED) is 0.816. The molecule has 1 aromatic rings. The van der Waals surface area contributed by atoms with E-state index >= 15 is 0 Å². The minimum Gasteiger partial charge on any atom is -0.481 e. The molecule has 0 saturated heterocycles. The average Bonchev–Trinajstić information content (AvgIpc) is 2.84. The zero-order chi connectivity index (χ0) is 14.5. The van der Waals surface area contributed by atoms with Gasteiger partial charge in [-0.05, 0) is 25.0 Å². The maximum Gasteiger partial charge on any atom is 0.307 e. The van der Waals surface area contributed by atoms with Crippen molar-refractivity contribution in [3.05, 3.63) is 24.2 Å². The maximum absolute atomic E-state index is 12.4. The average molecular weight is 281 g/mol. The molecule has 1 amide bonds. The second kappa shape index (κ2) is 6.56. The van der Waals surface area contributed by atoms with Crippen LogP contribution in [-0.2, 0) is 20.9 Å². The van der Waals surface area contributed by atoms with Gasteiger partial charge in [0.25, 0.3) is 0 Å². The Balaban J connectivity index is 2.01. The zero-order valence-corrected chi connectivity index (χ0v) is 11.4. The lowest BCUT2D eigenvalue weighted by Crippen LogP contribution is -2.46. The summed E-state index contributed by atoms with van der Waals surface area (Å²) < 4.78 is 10.3. The lowest BCUT2D eigenvalue weighted by Gasteiger charge is -2.36. The molecular formula is C14H19NO5. The van der Waals surface area contributed by atoms with Crippen LogP contribution in [0.25, 0.3) is 0 Å². The fraction of sp³-hybridized carbons (Fsp3) is 0.571. The molecule has 1 aromatic heterocycles. The largest absolute Gasteiger partial charge is 0.481 e. The van der Waals surface area contributed by atoms with Crippen molar-refractivity contribution in [2.24, 2.45) is 11.8 Å². The Morgan fingerprint density at radius 2 is 2.20 bits per heavy atom. The highest BCUT2D eigenvalue weighted by Gasteiger charge is 2.43. The monoisotopic (exact) mass is 281 g/mol. The SMILES string of the molecule is COCCN(Cc1ccco1)C(=O)C1CCC1C(=O)O. The summed E-state index contributed by atoms with van der Waals surface area (Å²) in [5, 5.41) is 9.05. The Hall–Kier alpha value is -1.82. The number of carboxylic acid groups (broad SMARTS) is 1. The summed E-state index contributed by atoms with van der Waals surface area (Å²) in [6, 6.07) is 3.56. The molecule has 6 nitrogen and oxygen atoms in total. The molecule has 1 heterocycles. The number of carbonyl (C=O) groups excluding carboxylic acids is 1. The number of aliphatic carboxylic acids is 1. The van der Waals surface area contributed by atoms with Crippen molar-refractivity contribution in [3.63, 3.8) is 0 Å². The Kier molecular flexibility index (Phi) is 4.79. The third kappa shape index (κ3) is 3.19. The minimum absolute atomic E-state index is 0.128. The molecule has 1 fully saturated rings. The van der Waals surface area contributed by atoms with Gasteiger partial charge in [0.15, 0.2) is 0 Å². The van der Waals surface area contributed by atoms with Gasteiger partial charge in [0.1, 0.15) is 5.76 Å². The molecule has 0 aromatic carbocycles. The number of methoxy groups -OCH3 is 1. The van der Waals surface area contributed by atoms with E-state index in [2.05, 4.69) is 0 Å². The van der Waals surface area contributed by atoms with Crippen LogP contribution in [0, 0.1) is 11.8 Å². The third-order valence-electron chi connectivity index (χ3n) is 3.71. The van der Waals surface area contributed by atoms with Crippen molar-refractivity contribution in [1.82, 2.24) is 4.90 Å². The summed E-state index contributed by atoms with van der Waals surface area (Å²) >= 11 is 0. The first-order valence-corrected chi connectivity index (χ1v) is 6.66. The summed E-state index contributed by atoms with van der Waals surface area (Å²) in [7, 11) is 1.57. The smallest absolute Gasteiger partial charge is 0.307 e. The molecule has 0 radical (unpaired) electrons. The summed E-state index contributed by atoms with van der Waals surface area (Å²) in [6.07, 6.45) is 2.76. The van der Waals surface area contributed by atoms with E-state index in [1.807, 2.05) is 0 Å². The number of amides is 1. The van der Waals surface area contributed by atoms with Crippen molar-refractivity contribution in [1.29, 1.82) is 0 Å². The van der Waals surface area contributed by atoms with Gasteiger partial charge in [-0.3, -0.25) is 9.59 Å². The minimum atomic E-state index is -0.890. The van der Waals surface area contributed by atoms with E-state index in [4.69, 9.17) is 14.3 Å². The lowest BCUT2D eigenvalue weighted by atomic mass is 9.73. The van der Waals surface area contributed by atoms with Gasteiger partial charge in [-0.1, -0.05) is 0 Å². The number of nitrogens with zero attached hydrogens (tertiary/aromatic N) is 1. The number of furan rings is 1. The Bertz CT molecular complexity index is 456. The molecule has 0 bridgehead atoms. The molecule has 2 unspecified atom stereocenters. The van der Waals surface area contributed by atoms with Gasteiger partial charge in [0, 0.05) is 13.7 Å². The van der Waals surface area contributed by atoms with Crippen LogP contribution in [-0.4, -0.2) is 42.1 Å². The van der Waals surface area contributed by atoms with E-state index in [1.165, 1.54) is 0 Å². The molecule has 2 rings (SSSR count). The molecule has 1 aliphatic carbocycles. The molecule has 110 valence electrons. The van der Waals surface area contributed by atoms with E-state index in [9.17, 15) is 9.59 Å². The van der Waals surface area contributed by atoms with Crippen LogP contribution in [0.15, 0.2) is 22.8 Å². The third-order valence-corrected chi connectivity index (χ3v) is 3.71. The topological polar surface area (TPSA) is 80.0 Å². The summed E-state index contributed by atoms with van der Waals surface area (Å²) in [5.41, 5.74) is 0. The number of hydrogen-bond donors (Lipinski definition) is 1. The van der Waals surface area contributed by atoms with Crippen LogP contribution in [0.5, 0.6) is 0 Å². The van der Waals surface area contributed by atoms with Crippen LogP contribution in [0.3, 0.4) is 0 Å². The summed E-state index contributed by atoms with van der Waals surface area (Å²) in [6.45, 7) is 1.19. The van der Waals surface area contributed by atoms with Gasteiger partial charge in [-0.15, -0.1) is 0 Å². The van der Waals surface area contributed by atoms with Gasteiger partial charge >= 0.3 is 5.97 Å². The van der Waals surface area contributed by atoms with Gasteiger partial charge in [0.2, 0.25) is 5.91 Å². The molecule has 0 aliphatic heterocycles. The van der Waals surface area contributed by atoms with E-state index < -0.39 is 17.8 Å². The van der Waals surface area contributed by atoms with Crippen LogP contribution < -0.4 is 0 Å². The summed E-state index contributed by atoms with van der Waals surface area (Å²) in [5.74, 6) is -1.31. The Morgan fingerprint density at radius 1 is 1.45 bits per heavy atom. The molecule has 1 N–H and O–H groups in total. The maximum atomic E-state index is 12.4. The molecule has 6 heteroatoms. The van der Waals surface area contributed by atoms with Gasteiger partial charge in [0.05, 0.1) is 31.3 Å². The number of rotatable bonds is 7. The molecule has 2 atom stereocenters. The highest BCUT2D eigenvalue weighted by molar-refractivity contribution is 5.86. The van der Waals surface area contributed by atoms with Gasteiger partial charge in [-0.2, -0.15) is 0 Å². The van der Waals surface area contributed by atoms with Crippen molar-refractivity contribution in [2.45, 2.75) is 19.4 Å². The lowest BCUT2D eigenvalue weighted by molar-refractivity contribution is -0.157. The van der Waals surface area contributed by atoms with E-state index in [0.29, 0.717) is 38.3 Å². The zero-order valence-electron chi connectivity index (χ0n) is 11.4. The van der Waals surface area contributed by atoms with E-state index in [1.54, 1.807) is 30.4 Å². The first-order chi connectivity index (χ1) is 9.63. The molecular weight excluding hydrogens is 262 g/mol. The Labute approximate surface area is 117 Å². The summed E-state index contributed by atoms with van der Waals surface area (Å²) in [4.78, 5) is 25.1. The van der Waals surface area contributed by atoms with Crippen molar-refractivity contribution in [3.8, 4) is 0 Å². The van der Waals surface area contributed by atoms with Crippen LogP contribution in [0.4, 0.5) is 0 Å². The number of carbonyl (C=O) groups is 2. The molecule has 1 saturated carbocycles. The second-order valence-electron chi connectivity index (χ2n) is 4.96.